The van der Waals surface area contributed by atoms with Gasteiger partial charge in [0.15, 0.2) is 11.6 Å². The van der Waals surface area contributed by atoms with Crippen molar-refractivity contribution in [2.45, 2.75) is 0 Å². The number of ether oxygens (including phenoxy) is 1. The van der Waals surface area contributed by atoms with Gasteiger partial charge in [0.25, 0.3) is 0 Å². The van der Waals surface area contributed by atoms with Gasteiger partial charge in [0.1, 0.15) is 5.75 Å². The van der Waals surface area contributed by atoms with Gasteiger partial charge in [-0.15, -0.1) is 0 Å². The summed E-state index contributed by atoms with van der Waals surface area (Å²) in [6.45, 7) is 0. The zero-order valence-corrected chi connectivity index (χ0v) is 8.78. The Balaban J connectivity index is 2.42. The summed E-state index contributed by atoms with van der Waals surface area (Å²) in [6, 6.07) is 6.96. The number of anilines is 1. The molecule has 5 heteroatoms. The minimum absolute atomic E-state index is 0.344. The fourth-order valence-corrected chi connectivity index (χ4v) is 1.50. The van der Waals surface area contributed by atoms with Gasteiger partial charge in [-0.2, -0.15) is 0 Å². The number of methoxy groups -OCH3 is 1. The first-order valence-electron chi connectivity index (χ1n) is 4.27. The van der Waals surface area contributed by atoms with E-state index in [1.807, 2.05) is 6.07 Å². The van der Waals surface area contributed by atoms with Crippen molar-refractivity contribution in [2.75, 3.05) is 12.8 Å². The molecule has 0 amide bonds. The van der Waals surface area contributed by atoms with Crippen LogP contribution in [0, 0.1) is 0 Å². The lowest BCUT2D eigenvalue weighted by Gasteiger charge is -2.03. The molecule has 0 aliphatic carbocycles. The SMILES string of the molecule is COc1ccc(-c2cc(N)no2)cc1Cl. The number of hydrogen-bond acceptors (Lipinski definition) is 4. The molecule has 0 atom stereocenters. The summed E-state index contributed by atoms with van der Waals surface area (Å²) in [5.41, 5.74) is 6.26. The summed E-state index contributed by atoms with van der Waals surface area (Å²) in [5, 5.41) is 4.11. The lowest BCUT2D eigenvalue weighted by Crippen LogP contribution is -1.84. The molecule has 2 rings (SSSR count). The van der Waals surface area contributed by atoms with Crippen molar-refractivity contribution < 1.29 is 9.26 Å². The molecule has 0 saturated carbocycles. The molecule has 4 nitrogen and oxygen atoms in total. The van der Waals surface area contributed by atoms with E-state index in [0.717, 1.165) is 5.56 Å². The van der Waals surface area contributed by atoms with Crippen LogP contribution in [-0.2, 0) is 0 Å². The molecule has 0 radical (unpaired) electrons. The second-order valence-electron chi connectivity index (χ2n) is 2.97. The maximum absolute atomic E-state index is 5.97. The van der Waals surface area contributed by atoms with Crippen LogP contribution in [0.15, 0.2) is 28.8 Å². The second kappa shape index (κ2) is 3.82. The number of nitrogens with two attached hydrogens (primary N) is 1. The van der Waals surface area contributed by atoms with Crippen LogP contribution < -0.4 is 10.5 Å². The first-order chi connectivity index (χ1) is 7.20. The molecule has 2 N–H and O–H groups in total. The monoisotopic (exact) mass is 224 g/mol. The predicted molar refractivity (Wildman–Crippen MR) is 57.9 cm³/mol. The van der Waals surface area contributed by atoms with Gasteiger partial charge < -0.3 is 15.0 Å². The quantitative estimate of drug-likeness (QED) is 0.852. The van der Waals surface area contributed by atoms with E-state index in [1.165, 1.54) is 0 Å². The molecule has 78 valence electrons. The molecule has 0 aliphatic rings. The highest BCUT2D eigenvalue weighted by atomic mass is 35.5. The molecular formula is C10H9ClN2O2. The largest absolute Gasteiger partial charge is 0.495 e. The van der Waals surface area contributed by atoms with Crippen molar-refractivity contribution >= 4 is 17.4 Å². The lowest BCUT2D eigenvalue weighted by molar-refractivity contribution is 0.414. The summed E-state index contributed by atoms with van der Waals surface area (Å²) in [7, 11) is 1.56. The molecule has 1 aromatic heterocycles. The molecular weight excluding hydrogens is 216 g/mol. The Labute approximate surface area is 91.6 Å². The van der Waals surface area contributed by atoms with Gasteiger partial charge in [-0.3, -0.25) is 0 Å². The number of rotatable bonds is 2. The maximum Gasteiger partial charge on any atom is 0.169 e. The van der Waals surface area contributed by atoms with Crippen molar-refractivity contribution in [2.24, 2.45) is 0 Å². The molecule has 1 aromatic carbocycles. The molecule has 0 fully saturated rings. The third-order valence-corrected chi connectivity index (χ3v) is 2.26. The minimum atomic E-state index is 0.344. The zero-order valence-electron chi connectivity index (χ0n) is 8.03. The lowest BCUT2D eigenvalue weighted by atomic mass is 10.1. The summed E-state index contributed by atoms with van der Waals surface area (Å²) in [5.74, 6) is 1.54. The molecule has 1 heterocycles. The van der Waals surface area contributed by atoms with Crippen LogP contribution in [0.4, 0.5) is 5.82 Å². The van der Waals surface area contributed by atoms with Gasteiger partial charge >= 0.3 is 0 Å². The number of aromatic nitrogens is 1. The van der Waals surface area contributed by atoms with Gasteiger partial charge in [-0.05, 0) is 18.2 Å². The zero-order chi connectivity index (χ0) is 10.8. The number of hydrogen-bond donors (Lipinski definition) is 1. The molecule has 0 spiro atoms. The van der Waals surface area contributed by atoms with Gasteiger partial charge in [0, 0.05) is 11.6 Å². The Morgan fingerprint density at radius 1 is 1.40 bits per heavy atom. The van der Waals surface area contributed by atoms with Crippen LogP contribution >= 0.6 is 11.6 Å². The Hall–Kier alpha value is -1.68. The number of halogens is 1. The number of benzene rings is 1. The topological polar surface area (TPSA) is 61.3 Å². The van der Waals surface area contributed by atoms with Gasteiger partial charge in [0.05, 0.1) is 12.1 Å². The highest BCUT2D eigenvalue weighted by Gasteiger charge is 2.07. The van der Waals surface area contributed by atoms with E-state index in [1.54, 1.807) is 25.3 Å². The maximum atomic E-state index is 5.97. The van der Waals surface area contributed by atoms with E-state index in [4.69, 9.17) is 26.6 Å². The van der Waals surface area contributed by atoms with E-state index >= 15 is 0 Å². The summed E-state index contributed by atoms with van der Waals surface area (Å²) in [4.78, 5) is 0. The Kier molecular flexibility index (Phi) is 2.51. The van der Waals surface area contributed by atoms with Crippen LogP contribution in [0.5, 0.6) is 5.75 Å². The van der Waals surface area contributed by atoms with E-state index in [0.29, 0.717) is 22.4 Å². The van der Waals surface area contributed by atoms with Crippen LogP contribution in [0.25, 0.3) is 11.3 Å². The minimum Gasteiger partial charge on any atom is -0.495 e. The summed E-state index contributed by atoms with van der Waals surface area (Å²) < 4.78 is 10.0. The first-order valence-corrected chi connectivity index (χ1v) is 4.64. The standard InChI is InChI=1S/C10H9ClN2O2/c1-14-8-3-2-6(4-7(8)11)9-5-10(12)13-15-9/h2-5H,1H3,(H2,12,13). The fraction of sp³-hybridized carbons (Fsp3) is 0.100. The Morgan fingerprint density at radius 3 is 2.73 bits per heavy atom. The van der Waals surface area contributed by atoms with Crippen molar-refractivity contribution in [3.05, 3.63) is 29.3 Å². The summed E-state index contributed by atoms with van der Waals surface area (Å²) in [6.07, 6.45) is 0. The van der Waals surface area contributed by atoms with Crippen molar-refractivity contribution in [1.29, 1.82) is 0 Å². The Bertz CT molecular complexity index is 482. The first kappa shape index (κ1) is 9.86. The predicted octanol–water partition coefficient (Wildman–Crippen LogP) is 2.59. The second-order valence-corrected chi connectivity index (χ2v) is 3.37. The Morgan fingerprint density at radius 2 is 2.20 bits per heavy atom. The van der Waals surface area contributed by atoms with Crippen molar-refractivity contribution in [3.63, 3.8) is 0 Å². The molecule has 0 aliphatic heterocycles. The van der Waals surface area contributed by atoms with E-state index < -0.39 is 0 Å². The van der Waals surface area contributed by atoms with Gasteiger partial charge in [-0.25, -0.2) is 0 Å². The van der Waals surface area contributed by atoms with Gasteiger partial charge in [0.2, 0.25) is 0 Å². The highest BCUT2D eigenvalue weighted by Crippen LogP contribution is 2.30. The van der Waals surface area contributed by atoms with Crippen LogP contribution in [0.2, 0.25) is 5.02 Å². The molecule has 2 aromatic rings. The average molecular weight is 225 g/mol. The number of nitrogens with zero attached hydrogens (tertiary/aromatic N) is 1. The molecule has 0 unspecified atom stereocenters. The summed E-state index contributed by atoms with van der Waals surface area (Å²) >= 11 is 5.97. The van der Waals surface area contributed by atoms with Gasteiger partial charge in [-0.1, -0.05) is 16.8 Å². The third kappa shape index (κ3) is 1.89. The molecule has 15 heavy (non-hydrogen) atoms. The molecule has 0 saturated heterocycles. The number of nitrogen functional groups attached to an aromatic ring is 1. The normalized spacial score (nSPS) is 10.3. The third-order valence-electron chi connectivity index (χ3n) is 1.96. The average Bonchev–Trinajstić information content (AvgIpc) is 2.65. The van der Waals surface area contributed by atoms with Crippen LogP contribution in [0.1, 0.15) is 0 Å². The van der Waals surface area contributed by atoms with Crippen LogP contribution in [-0.4, -0.2) is 12.3 Å². The van der Waals surface area contributed by atoms with Crippen LogP contribution in [0.3, 0.4) is 0 Å². The van der Waals surface area contributed by atoms with E-state index in [2.05, 4.69) is 5.16 Å². The fourth-order valence-electron chi connectivity index (χ4n) is 1.24. The van der Waals surface area contributed by atoms with E-state index in [9.17, 15) is 0 Å². The highest BCUT2D eigenvalue weighted by molar-refractivity contribution is 6.32. The van der Waals surface area contributed by atoms with Crippen molar-refractivity contribution in [1.82, 2.24) is 5.16 Å². The van der Waals surface area contributed by atoms with Crippen molar-refractivity contribution in [3.8, 4) is 17.1 Å². The molecule has 0 bridgehead atoms. The van der Waals surface area contributed by atoms with E-state index in [-0.39, 0.29) is 0 Å². The smallest absolute Gasteiger partial charge is 0.169 e.